The number of allylic oxidation sites excluding steroid dienone is 1. The summed E-state index contributed by atoms with van der Waals surface area (Å²) in [6, 6.07) is 0. The van der Waals surface area contributed by atoms with Crippen molar-refractivity contribution < 1.29 is 10.2 Å². The van der Waals surface area contributed by atoms with Crippen LogP contribution in [0, 0.1) is 56.7 Å². The zero-order valence-corrected chi connectivity index (χ0v) is 21.8. The fourth-order valence-electron chi connectivity index (χ4n) is 11.5. The van der Waals surface area contributed by atoms with E-state index in [1.54, 1.807) is 0 Å². The third-order valence-corrected chi connectivity index (χ3v) is 13.5. The lowest BCUT2D eigenvalue weighted by Gasteiger charge is -2.73. The Hall–Kier alpha value is -0.340. The van der Waals surface area contributed by atoms with Gasteiger partial charge in [0.15, 0.2) is 0 Å². The van der Waals surface area contributed by atoms with E-state index in [-0.39, 0.29) is 16.9 Å². The van der Waals surface area contributed by atoms with Crippen molar-refractivity contribution in [2.75, 3.05) is 6.61 Å². The Kier molecular flexibility index (Phi) is 5.19. The molecular weight excluding hydrogens is 392 g/mol. The molecule has 5 saturated carbocycles. The number of hydrogen-bond acceptors (Lipinski definition) is 2. The van der Waals surface area contributed by atoms with Crippen molar-refractivity contribution in [2.24, 2.45) is 56.7 Å². The van der Waals surface area contributed by atoms with Crippen LogP contribution < -0.4 is 0 Å². The van der Waals surface area contributed by atoms with E-state index in [0.717, 1.165) is 18.3 Å². The molecular formula is C30H50O2. The van der Waals surface area contributed by atoms with Crippen molar-refractivity contribution in [3.63, 3.8) is 0 Å². The predicted octanol–water partition coefficient (Wildman–Crippen LogP) is 7.00. The van der Waals surface area contributed by atoms with Gasteiger partial charge < -0.3 is 10.2 Å². The van der Waals surface area contributed by atoms with E-state index in [9.17, 15) is 10.2 Å². The van der Waals surface area contributed by atoms with E-state index < -0.39 is 0 Å². The molecule has 2 nitrogen and oxygen atoms in total. The molecule has 0 aliphatic heterocycles. The highest BCUT2D eigenvalue weighted by molar-refractivity contribution is 5.21. The number of rotatable bonds is 2. The van der Waals surface area contributed by atoms with Gasteiger partial charge in [-0.15, -0.1) is 0 Å². The molecule has 5 aliphatic carbocycles. The smallest absolute Gasteiger partial charge is 0.0594 e. The summed E-state index contributed by atoms with van der Waals surface area (Å²) in [6.45, 7) is 19.7. The summed E-state index contributed by atoms with van der Waals surface area (Å²) in [4.78, 5) is 0. The van der Waals surface area contributed by atoms with Gasteiger partial charge in [0.05, 0.1) is 6.10 Å². The van der Waals surface area contributed by atoms with Gasteiger partial charge >= 0.3 is 0 Å². The van der Waals surface area contributed by atoms with Gasteiger partial charge in [0.1, 0.15) is 0 Å². The van der Waals surface area contributed by atoms with Gasteiger partial charge in [-0.3, -0.25) is 0 Å². The van der Waals surface area contributed by atoms with Gasteiger partial charge in [-0.25, -0.2) is 0 Å². The average molecular weight is 443 g/mol. The van der Waals surface area contributed by atoms with Crippen LogP contribution in [0.1, 0.15) is 106 Å². The molecule has 5 fully saturated rings. The Labute approximate surface area is 197 Å². The molecule has 0 saturated heterocycles. The molecule has 0 amide bonds. The molecule has 2 N–H and O–H groups in total. The lowest BCUT2D eigenvalue weighted by Crippen LogP contribution is -2.66. The van der Waals surface area contributed by atoms with E-state index in [0.29, 0.717) is 40.6 Å². The number of hydrogen-bond donors (Lipinski definition) is 2. The number of aliphatic hydroxyl groups excluding tert-OH is 2. The topological polar surface area (TPSA) is 40.5 Å². The van der Waals surface area contributed by atoms with Crippen LogP contribution in [-0.4, -0.2) is 22.9 Å². The third kappa shape index (κ3) is 2.66. The second-order valence-corrected chi connectivity index (χ2v) is 14.6. The van der Waals surface area contributed by atoms with E-state index in [2.05, 4.69) is 48.1 Å². The van der Waals surface area contributed by atoms with Gasteiger partial charge in [-0.05, 0) is 128 Å². The van der Waals surface area contributed by atoms with Gasteiger partial charge in [0.25, 0.3) is 0 Å². The third-order valence-electron chi connectivity index (χ3n) is 13.5. The zero-order chi connectivity index (χ0) is 23.3. The molecule has 2 heteroatoms. The fraction of sp³-hybridized carbons (Fsp3) is 0.933. The van der Waals surface area contributed by atoms with E-state index in [1.165, 1.54) is 63.4 Å². The Morgan fingerprint density at radius 3 is 2.19 bits per heavy atom. The first kappa shape index (κ1) is 23.4. The molecule has 0 radical (unpaired) electrons. The molecule has 32 heavy (non-hydrogen) atoms. The lowest BCUT2D eigenvalue weighted by atomic mass is 9.32. The van der Waals surface area contributed by atoms with E-state index in [4.69, 9.17) is 0 Å². The maximum Gasteiger partial charge on any atom is 0.0594 e. The van der Waals surface area contributed by atoms with Crippen LogP contribution in [0.5, 0.6) is 0 Å². The monoisotopic (exact) mass is 442 g/mol. The second-order valence-electron chi connectivity index (χ2n) is 14.6. The molecule has 10 atom stereocenters. The molecule has 0 aromatic carbocycles. The number of aliphatic hydroxyl groups is 2. The molecule has 0 spiro atoms. The molecule has 5 aliphatic rings. The summed E-state index contributed by atoms with van der Waals surface area (Å²) < 4.78 is 0. The highest BCUT2D eigenvalue weighted by Gasteiger charge is 2.70. The standard InChI is InChI=1S/C30H50O2/c1-19(2)20-10-15-30(18-31)17-16-28(6)21(25(20)30)8-9-23-27(5)13-12-24(32)26(3,4)22(27)11-14-29(23,28)7/h20-25,31-32H,1,8-18H2,2-7H3/t20-,21?,22?,23?,24?,25?,27?,28+,29+,30?/m0/s1. The summed E-state index contributed by atoms with van der Waals surface area (Å²) in [6.07, 6.45) is 12.2. The van der Waals surface area contributed by atoms with Gasteiger partial charge in [-0.1, -0.05) is 46.8 Å². The molecule has 0 heterocycles. The molecule has 0 aromatic heterocycles. The van der Waals surface area contributed by atoms with Crippen molar-refractivity contribution >= 4 is 0 Å². The highest BCUT2D eigenvalue weighted by Crippen LogP contribution is 2.77. The van der Waals surface area contributed by atoms with Gasteiger partial charge in [-0.2, -0.15) is 0 Å². The maximum absolute atomic E-state index is 10.9. The minimum absolute atomic E-state index is 0.0290. The van der Waals surface area contributed by atoms with Gasteiger partial charge in [0.2, 0.25) is 0 Å². The minimum atomic E-state index is -0.147. The molecule has 0 aromatic rings. The molecule has 5 rings (SSSR count). The lowest BCUT2D eigenvalue weighted by molar-refractivity contribution is -0.249. The van der Waals surface area contributed by atoms with Gasteiger partial charge in [0, 0.05) is 6.61 Å². The second kappa shape index (κ2) is 7.09. The maximum atomic E-state index is 10.9. The Morgan fingerprint density at radius 1 is 0.812 bits per heavy atom. The largest absolute Gasteiger partial charge is 0.396 e. The van der Waals surface area contributed by atoms with Crippen LogP contribution in [0.4, 0.5) is 0 Å². The summed E-state index contributed by atoms with van der Waals surface area (Å²) in [5.74, 6) is 3.33. The van der Waals surface area contributed by atoms with Crippen LogP contribution in [0.25, 0.3) is 0 Å². The number of fused-ring (bicyclic) bond motifs is 7. The Balaban J connectivity index is 1.55. The predicted molar refractivity (Wildman–Crippen MR) is 132 cm³/mol. The first-order valence-corrected chi connectivity index (χ1v) is 13.8. The van der Waals surface area contributed by atoms with Crippen molar-refractivity contribution in [1.82, 2.24) is 0 Å². The van der Waals surface area contributed by atoms with Crippen LogP contribution in [0.2, 0.25) is 0 Å². The van der Waals surface area contributed by atoms with Crippen molar-refractivity contribution in [3.8, 4) is 0 Å². The fourth-order valence-corrected chi connectivity index (χ4v) is 11.5. The molecule has 182 valence electrons. The van der Waals surface area contributed by atoms with Crippen molar-refractivity contribution in [2.45, 2.75) is 112 Å². The first-order valence-electron chi connectivity index (χ1n) is 13.8. The summed E-state index contributed by atoms with van der Waals surface area (Å²) in [5.41, 5.74) is 2.60. The minimum Gasteiger partial charge on any atom is -0.396 e. The van der Waals surface area contributed by atoms with E-state index in [1.807, 2.05) is 0 Å². The summed E-state index contributed by atoms with van der Waals surface area (Å²) in [7, 11) is 0. The molecule has 0 bridgehead atoms. The first-order chi connectivity index (χ1) is 14.9. The van der Waals surface area contributed by atoms with Crippen LogP contribution >= 0.6 is 0 Å². The zero-order valence-electron chi connectivity index (χ0n) is 21.8. The normalized spacial score (nSPS) is 56.5. The molecule has 7 unspecified atom stereocenters. The Morgan fingerprint density at radius 2 is 1.53 bits per heavy atom. The summed E-state index contributed by atoms with van der Waals surface area (Å²) >= 11 is 0. The highest BCUT2D eigenvalue weighted by atomic mass is 16.3. The van der Waals surface area contributed by atoms with Crippen molar-refractivity contribution in [1.29, 1.82) is 0 Å². The average Bonchev–Trinajstić information content (AvgIpc) is 3.12. The Bertz CT molecular complexity index is 786. The van der Waals surface area contributed by atoms with Crippen molar-refractivity contribution in [3.05, 3.63) is 12.2 Å². The quantitative estimate of drug-likeness (QED) is 0.452. The van der Waals surface area contributed by atoms with E-state index >= 15 is 0 Å². The summed E-state index contributed by atoms with van der Waals surface area (Å²) in [5, 5.41) is 21.5. The van der Waals surface area contributed by atoms with Crippen LogP contribution in [0.15, 0.2) is 12.2 Å². The van der Waals surface area contributed by atoms with Crippen LogP contribution in [0.3, 0.4) is 0 Å². The SMILES string of the molecule is C=C(C)[C@@H]1CCC2(CO)CC[C@]3(C)C(CCC4C5(C)CCC(O)C(C)(C)C5CC[C@]43C)C12. The van der Waals surface area contributed by atoms with Crippen LogP contribution in [-0.2, 0) is 0 Å².